The number of hydrogen-bond donors (Lipinski definition) is 1. The molecule has 2 fully saturated rings. The molecule has 1 saturated heterocycles. The van der Waals surface area contributed by atoms with Crippen LogP contribution in [0.15, 0.2) is 24.3 Å². The lowest BCUT2D eigenvalue weighted by Gasteiger charge is -2.23. The van der Waals surface area contributed by atoms with Crippen LogP contribution in [0, 0.1) is 11.8 Å². The van der Waals surface area contributed by atoms with E-state index in [0.29, 0.717) is 18.5 Å². The van der Waals surface area contributed by atoms with Crippen LogP contribution in [0.4, 0.5) is 11.4 Å². The molecule has 1 heterocycles. The Hall–Kier alpha value is -2.09. The van der Waals surface area contributed by atoms with Gasteiger partial charge in [0.1, 0.15) is 0 Å². The molecule has 1 aliphatic heterocycles. The molecule has 1 saturated carbocycles. The SMILES string of the molecule is CN(C)c1ccc(NC(=O)C2CC2C(=O)N(C)C2CCS(=O)(=O)C2)cc1. The van der Waals surface area contributed by atoms with Crippen molar-refractivity contribution in [2.75, 3.05) is 42.9 Å². The van der Waals surface area contributed by atoms with Gasteiger partial charge in [-0.2, -0.15) is 0 Å². The summed E-state index contributed by atoms with van der Waals surface area (Å²) in [6.07, 6.45) is 0.997. The molecule has 142 valence electrons. The Balaban J connectivity index is 1.54. The van der Waals surface area contributed by atoms with E-state index in [4.69, 9.17) is 0 Å². The lowest BCUT2D eigenvalue weighted by molar-refractivity contribution is -0.134. The van der Waals surface area contributed by atoms with Crippen molar-refractivity contribution in [1.82, 2.24) is 4.90 Å². The predicted octanol–water partition coefficient (Wildman–Crippen LogP) is 0.973. The van der Waals surface area contributed by atoms with Crippen molar-refractivity contribution < 1.29 is 18.0 Å². The van der Waals surface area contributed by atoms with Gasteiger partial charge in [0.15, 0.2) is 9.84 Å². The highest BCUT2D eigenvalue weighted by Crippen LogP contribution is 2.41. The molecule has 3 rings (SSSR count). The molecule has 1 N–H and O–H groups in total. The largest absolute Gasteiger partial charge is 0.378 e. The van der Waals surface area contributed by atoms with Crippen LogP contribution in [0.3, 0.4) is 0 Å². The summed E-state index contributed by atoms with van der Waals surface area (Å²) in [6.45, 7) is 0. The van der Waals surface area contributed by atoms with Gasteiger partial charge in [0.2, 0.25) is 11.8 Å². The highest BCUT2D eigenvalue weighted by molar-refractivity contribution is 7.91. The normalized spacial score (nSPS) is 26.2. The molecule has 1 aliphatic carbocycles. The summed E-state index contributed by atoms with van der Waals surface area (Å²) in [5.74, 6) is -0.812. The Morgan fingerprint density at radius 3 is 2.27 bits per heavy atom. The van der Waals surface area contributed by atoms with Crippen LogP contribution in [0.2, 0.25) is 0 Å². The summed E-state index contributed by atoms with van der Waals surface area (Å²) in [6, 6.07) is 7.23. The number of benzene rings is 1. The first-order chi connectivity index (χ1) is 12.2. The van der Waals surface area contributed by atoms with Crippen LogP contribution in [0.5, 0.6) is 0 Å². The van der Waals surface area contributed by atoms with E-state index in [-0.39, 0.29) is 41.2 Å². The molecule has 0 bridgehead atoms. The van der Waals surface area contributed by atoms with Crippen LogP contribution < -0.4 is 10.2 Å². The van der Waals surface area contributed by atoms with Crippen molar-refractivity contribution >= 4 is 33.0 Å². The number of rotatable bonds is 5. The van der Waals surface area contributed by atoms with Crippen LogP contribution in [-0.4, -0.2) is 63.8 Å². The van der Waals surface area contributed by atoms with Gasteiger partial charge in [0.05, 0.1) is 23.3 Å². The van der Waals surface area contributed by atoms with E-state index in [0.717, 1.165) is 5.69 Å². The highest BCUT2D eigenvalue weighted by atomic mass is 32.2. The van der Waals surface area contributed by atoms with Crippen LogP contribution in [0.1, 0.15) is 12.8 Å². The molecule has 1 aromatic rings. The van der Waals surface area contributed by atoms with Gasteiger partial charge in [0, 0.05) is 38.6 Å². The van der Waals surface area contributed by atoms with E-state index in [2.05, 4.69) is 5.32 Å². The van der Waals surface area contributed by atoms with E-state index < -0.39 is 9.84 Å². The minimum atomic E-state index is -3.04. The number of nitrogens with zero attached hydrogens (tertiary/aromatic N) is 2. The molecule has 2 aliphatic rings. The summed E-state index contributed by atoms with van der Waals surface area (Å²) < 4.78 is 23.2. The third-order valence-electron chi connectivity index (χ3n) is 5.20. The van der Waals surface area contributed by atoms with E-state index in [1.807, 2.05) is 43.3 Å². The maximum Gasteiger partial charge on any atom is 0.228 e. The van der Waals surface area contributed by atoms with Gasteiger partial charge >= 0.3 is 0 Å². The zero-order valence-electron chi connectivity index (χ0n) is 15.3. The topological polar surface area (TPSA) is 86.8 Å². The molecule has 3 unspecified atom stereocenters. The van der Waals surface area contributed by atoms with Crippen molar-refractivity contribution in [2.45, 2.75) is 18.9 Å². The lowest BCUT2D eigenvalue weighted by Crippen LogP contribution is -2.39. The summed E-state index contributed by atoms with van der Waals surface area (Å²) in [5.41, 5.74) is 1.74. The summed E-state index contributed by atoms with van der Waals surface area (Å²) in [7, 11) is 2.49. The van der Waals surface area contributed by atoms with Gasteiger partial charge in [-0.1, -0.05) is 0 Å². The lowest BCUT2D eigenvalue weighted by atomic mass is 10.2. The summed E-state index contributed by atoms with van der Waals surface area (Å²) >= 11 is 0. The molecular weight excluding hydrogens is 354 g/mol. The fourth-order valence-electron chi connectivity index (χ4n) is 3.36. The molecule has 26 heavy (non-hydrogen) atoms. The van der Waals surface area contributed by atoms with Gasteiger partial charge in [0.25, 0.3) is 0 Å². The van der Waals surface area contributed by atoms with E-state index in [9.17, 15) is 18.0 Å². The molecule has 8 heteroatoms. The molecule has 2 amide bonds. The zero-order valence-corrected chi connectivity index (χ0v) is 16.1. The van der Waals surface area contributed by atoms with Crippen molar-refractivity contribution in [3.05, 3.63) is 24.3 Å². The Morgan fingerprint density at radius 2 is 1.73 bits per heavy atom. The fraction of sp³-hybridized carbons (Fsp3) is 0.556. The predicted molar refractivity (Wildman–Crippen MR) is 101 cm³/mol. The number of sulfone groups is 1. The average Bonchev–Trinajstić information content (AvgIpc) is 3.31. The number of carbonyl (C=O) groups is 2. The first-order valence-electron chi connectivity index (χ1n) is 8.73. The van der Waals surface area contributed by atoms with Crippen LogP contribution in [-0.2, 0) is 19.4 Å². The first kappa shape index (κ1) is 18.7. The first-order valence-corrected chi connectivity index (χ1v) is 10.6. The highest BCUT2D eigenvalue weighted by Gasteiger charge is 2.50. The Kier molecular flexibility index (Phi) is 4.96. The summed E-state index contributed by atoms with van der Waals surface area (Å²) in [4.78, 5) is 28.4. The molecule has 0 radical (unpaired) electrons. The van der Waals surface area contributed by atoms with Gasteiger partial charge in [-0.25, -0.2) is 8.42 Å². The molecule has 0 spiro atoms. The maximum absolute atomic E-state index is 12.5. The zero-order chi connectivity index (χ0) is 19.1. The Morgan fingerprint density at radius 1 is 1.08 bits per heavy atom. The number of hydrogen-bond acceptors (Lipinski definition) is 5. The van der Waals surface area contributed by atoms with E-state index in [1.54, 1.807) is 7.05 Å². The van der Waals surface area contributed by atoms with Crippen molar-refractivity contribution in [3.8, 4) is 0 Å². The summed E-state index contributed by atoms with van der Waals surface area (Å²) in [5, 5.41) is 2.85. The van der Waals surface area contributed by atoms with Crippen LogP contribution >= 0.6 is 0 Å². The Bertz CT molecular complexity index is 804. The second-order valence-corrected chi connectivity index (χ2v) is 9.61. The second kappa shape index (κ2) is 6.90. The molecular formula is C18H25N3O4S. The van der Waals surface area contributed by atoms with E-state index >= 15 is 0 Å². The van der Waals surface area contributed by atoms with Crippen molar-refractivity contribution in [3.63, 3.8) is 0 Å². The van der Waals surface area contributed by atoms with Gasteiger partial charge in [-0.3, -0.25) is 9.59 Å². The number of carbonyl (C=O) groups excluding carboxylic acids is 2. The van der Waals surface area contributed by atoms with Gasteiger partial charge < -0.3 is 15.1 Å². The van der Waals surface area contributed by atoms with Gasteiger partial charge in [-0.05, 0) is 37.1 Å². The number of anilines is 2. The average molecular weight is 379 g/mol. The quantitative estimate of drug-likeness (QED) is 0.824. The molecule has 7 nitrogen and oxygen atoms in total. The standard InChI is InChI=1S/C18H25N3O4S/c1-20(2)13-6-4-12(5-7-13)19-17(22)15-10-16(15)18(23)21(3)14-8-9-26(24,25)11-14/h4-7,14-16H,8-11H2,1-3H3,(H,19,22). The number of nitrogens with one attached hydrogen (secondary N) is 1. The second-order valence-electron chi connectivity index (χ2n) is 7.39. The number of amides is 2. The molecule has 3 atom stereocenters. The maximum atomic E-state index is 12.5. The van der Waals surface area contributed by atoms with Crippen LogP contribution in [0.25, 0.3) is 0 Å². The minimum Gasteiger partial charge on any atom is -0.378 e. The van der Waals surface area contributed by atoms with Crippen molar-refractivity contribution in [1.29, 1.82) is 0 Å². The third kappa shape index (κ3) is 4.00. The monoisotopic (exact) mass is 379 g/mol. The fourth-order valence-corrected chi connectivity index (χ4v) is 5.13. The third-order valence-corrected chi connectivity index (χ3v) is 6.95. The minimum absolute atomic E-state index is 0.0248. The van der Waals surface area contributed by atoms with Gasteiger partial charge in [-0.15, -0.1) is 0 Å². The smallest absolute Gasteiger partial charge is 0.228 e. The molecule has 1 aromatic carbocycles. The van der Waals surface area contributed by atoms with Crippen molar-refractivity contribution in [2.24, 2.45) is 11.8 Å². The Labute approximate surface area is 154 Å². The van der Waals surface area contributed by atoms with E-state index in [1.165, 1.54) is 4.90 Å². The molecule has 0 aromatic heterocycles.